The van der Waals surface area contributed by atoms with Gasteiger partial charge in [0.1, 0.15) is 0 Å². The number of rotatable bonds is 0. The maximum Gasteiger partial charge on any atom is 0.0255 e. The first-order valence-corrected chi connectivity index (χ1v) is 2.86. The molecule has 0 heteroatoms. The molecule has 0 aliphatic carbocycles. The Balaban J connectivity index is 2.89. The van der Waals surface area contributed by atoms with E-state index in [1.165, 1.54) is 0 Å². The van der Waals surface area contributed by atoms with Crippen LogP contribution in [0, 0.1) is 30.3 Å². The van der Waals surface area contributed by atoms with E-state index in [0.717, 1.165) is 5.56 Å². The van der Waals surface area contributed by atoms with Crippen molar-refractivity contribution in [1.29, 1.82) is 0 Å². The van der Waals surface area contributed by atoms with Gasteiger partial charge in [0, 0.05) is 5.56 Å². The minimum atomic E-state index is 0.928. The van der Waals surface area contributed by atoms with Crippen LogP contribution in [0.1, 0.15) is 5.56 Å². The van der Waals surface area contributed by atoms with E-state index < -0.39 is 0 Å². The number of terminal acetylenes is 1. The Bertz CT molecular complexity index is 290. The van der Waals surface area contributed by atoms with Crippen LogP contribution in [-0.4, -0.2) is 0 Å². The fourth-order valence-electron chi connectivity index (χ4n) is 0.578. The zero-order chi connectivity index (χ0) is 7.23. The summed E-state index contributed by atoms with van der Waals surface area (Å²) in [5.41, 5.74) is 0.928. The monoisotopic (exact) mass is 125 g/mol. The van der Waals surface area contributed by atoms with Crippen molar-refractivity contribution in [3.05, 3.63) is 35.9 Å². The highest BCUT2D eigenvalue weighted by Crippen LogP contribution is 1.93. The molecular formula is C10H5. The van der Waals surface area contributed by atoms with Crippen molar-refractivity contribution in [1.82, 2.24) is 0 Å². The predicted molar refractivity (Wildman–Crippen MR) is 41.0 cm³/mol. The van der Waals surface area contributed by atoms with E-state index in [1.54, 1.807) is 12.1 Å². The molecule has 0 saturated carbocycles. The lowest BCUT2D eigenvalue weighted by Crippen LogP contribution is -1.68. The first-order chi connectivity index (χ1) is 4.93. The van der Waals surface area contributed by atoms with Gasteiger partial charge in [-0.3, -0.25) is 0 Å². The van der Waals surface area contributed by atoms with Crippen LogP contribution < -0.4 is 0 Å². The van der Waals surface area contributed by atoms with Crippen LogP contribution >= 0.6 is 0 Å². The van der Waals surface area contributed by atoms with Crippen LogP contribution in [0.4, 0.5) is 0 Å². The summed E-state index contributed by atoms with van der Waals surface area (Å²) < 4.78 is 0. The summed E-state index contributed by atoms with van der Waals surface area (Å²) in [6.45, 7) is 0. The van der Waals surface area contributed by atoms with E-state index in [9.17, 15) is 0 Å². The van der Waals surface area contributed by atoms with Crippen molar-refractivity contribution in [2.75, 3.05) is 0 Å². The molecule has 0 aliphatic heterocycles. The summed E-state index contributed by atoms with van der Waals surface area (Å²) in [5.74, 6) is 7.56. The average molecular weight is 125 g/mol. The van der Waals surface area contributed by atoms with Crippen molar-refractivity contribution in [3.8, 4) is 24.2 Å². The maximum absolute atomic E-state index is 4.94. The highest BCUT2D eigenvalue weighted by molar-refractivity contribution is 5.38. The van der Waals surface area contributed by atoms with Crippen molar-refractivity contribution < 1.29 is 0 Å². The van der Waals surface area contributed by atoms with Gasteiger partial charge in [-0.15, -0.1) is 6.42 Å². The smallest absolute Gasteiger partial charge is 0.0255 e. The third kappa shape index (κ3) is 1.69. The molecule has 0 saturated heterocycles. The molecule has 0 unspecified atom stereocenters. The normalized spacial score (nSPS) is 7.10. The Morgan fingerprint density at radius 2 is 2.00 bits per heavy atom. The topological polar surface area (TPSA) is 0 Å². The number of hydrogen-bond donors (Lipinski definition) is 0. The third-order valence-electron chi connectivity index (χ3n) is 0.997. The molecule has 0 atom stereocenters. The minimum absolute atomic E-state index is 0.928. The maximum atomic E-state index is 4.94. The molecule has 0 fully saturated rings. The summed E-state index contributed by atoms with van der Waals surface area (Å²) in [5, 5.41) is 0. The van der Waals surface area contributed by atoms with Crippen LogP contribution in [0.5, 0.6) is 0 Å². The second-order valence-electron chi connectivity index (χ2n) is 1.68. The van der Waals surface area contributed by atoms with Gasteiger partial charge in [-0.25, -0.2) is 0 Å². The molecule has 0 spiro atoms. The lowest BCUT2D eigenvalue weighted by atomic mass is 10.2. The van der Waals surface area contributed by atoms with E-state index >= 15 is 0 Å². The van der Waals surface area contributed by atoms with Gasteiger partial charge in [0.2, 0.25) is 0 Å². The van der Waals surface area contributed by atoms with Crippen LogP contribution in [0.15, 0.2) is 24.3 Å². The van der Waals surface area contributed by atoms with Gasteiger partial charge < -0.3 is 0 Å². The van der Waals surface area contributed by atoms with Gasteiger partial charge in [-0.05, 0) is 30.0 Å². The third-order valence-corrected chi connectivity index (χ3v) is 0.997. The molecule has 0 heterocycles. The molecule has 1 aromatic carbocycles. The Hall–Kier alpha value is -1.66. The van der Waals surface area contributed by atoms with E-state index in [0.29, 0.717) is 0 Å². The summed E-state index contributed by atoms with van der Waals surface area (Å²) in [4.78, 5) is 0. The molecule has 0 bridgehead atoms. The SMILES string of the molecule is C#CC#Cc1cc[c]cc1. The molecule has 0 amide bonds. The highest BCUT2D eigenvalue weighted by Gasteiger charge is 1.78. The number of benzene rings is 1. The first-order valence-electron chi connectivity index (χ1n) is 2.86. The molecule has 1 radical (unpaired) electrons. The largest absolute Gasteiger partial charge is 0.106 e. The molecule has 10 heavy (non-hydrogen) atoms. The fraction of sp³-hybridized carbons (Fsp3) is 0. The fourth-order valence-corrected chi connectivity index (χ4v) is 0.578. The van der Waals surface area contributed by atoms with Crippen LogP contribution in [-0.2, 0) is 0 Å². The number of hydrogen-bond acceptors (Lipinski definition) is 0. The average Bonchev–Trinajstić information content (AvgIpc) is 2.03. The van der Waals surface area contributed by atoms with Crippen LogP contribution in [0.25, 0.3) is 0 Å². The Labute approximate surface area is 60.9 Å². The molecule has 45 valence electrons. The zero-order valence-corrected chi connectivity index (χ0v) is 5.39. The van der Waals surface area contributed by atoms with Gasteiger partial charge >= 0.3 is 0 Å². The van der Waals surface area contributed by atoms with Crippen molar-refractivity contribution in [2.24, 2.45) is 0 Å². The molecule has 0 nitrogen and oxygen atoms in total. The molecular weight excluding hydrogens is 120 g/mol. The van der Waals surface area contributed by atoms with Crippen molar-refractivity contribution in [3.63, 3.8) is 0 Å². The predicted octanol–water partition coefficient (Wildman–Crippen LogP) is 1.47. The van der Waals surface area contributed by atoms with Crippen LogP contribution in [0.3, 0.4) is 0 Å². The van der Waals surface area contributed by atoms with Crippen LogP contribution in [0.2, 0.25) is 0 Å². The van der Waals surface area contributed by atoms with Gasteiger partial charge in [-0.2, -0.15) is 0 Å². The van der Waals surface area contributed by atoms with E-state index in [4.69, 9.17) is 6.42 Å². The van der Waals surface area contributed by atoms with Gasteiger partial charge in [0.15, 0.2) is 0 Å². The first kappa shape index (κ1) is 6.46. The van der Waals surface area contributed by atoms with Gasteiger partial charge in [0.05, 0.1) is 0 Å². The van der Waals surface area contributed by atoms with E-state index in [-0.39, 0.29) is 0 Å². The highest BCUT2D eigenvalue weighted by atomic mass is 13.8. The quantitative estimate of drug-likeness (QED) is 0.460. The standard InChI is InChI=1S/C10H5/c1-2-3-7-10-8-5-4-6-9-10/h1,5-6,8-9H. The Kier molecular flexibility index (Phi) is 2.18. The lowest BCUT2D eigenvalue weighted by molar-refractivity contribution is 1.64. The second kappa shape index (κ2) is 3.38. The summed E-state index contributed by atoms with van der Waals surface area (Å²) in [6.07, 6.45) is 4.94. The molecule has 0 N–H and O–H groups in total. The van der Waals surface area contributed by atoms with Crippen molar-refractivity contribution >= 4 is 0 Å². The summed E-state index contributed by atoms with van der Waals surface area (Å²) >= 11 is 0. The summed E-state index contributed by atoms with van der Waals surface area (Å²) in [6, 6.07) is 10.2. The van der Waals surface area contributed by atoms with Crippen molar-refractivity contribution in [2.45, 2.75) is 0 Å². The summed E-state index contributed by atoms with van der Waals surface area (Å²) in [7, 11) is 0. The van der Waals surface area contributed by atoms with Gasteiger partial charge in [0.25, 0.3) is 0 Å². The Morgan fingerprint density at radius 1 is 1.30 bits per heavy atom. The molecule has 0 aliphatic rings. The second-order valence-corrected chi connectivity index (χ2v) is 1.68. The van der Waals surface area contributed by atoms with Gasteiger partial charge in [-0.1, -0.05) is 18.1 Å². The minimum Gasteiger partial charge on any atom is -0.106 e. The molecule has 0 aromatic heterocycles. The lowest BCUT2D eigenvalue weighted by Gasteiger charge is -1.82. The Morgan fingerprint density at radius 3 is 2.60 bits per heavy atom. The zero-order valence-electron chi connectivity index (χ0n) is 5.39. The van der Waals surface area contributed by atoms with E-state index in [2.05, 4.69) is 23.8 Å². The molecule has 1 rings (SSSR count). The van der Waals surface area contributed by atoms with E-state index in [1.807, 2.05) is 12.1 Å². The molecule has 1 aromatic rings.